The number of thiophene rings is 1. The van der Waals surface area contributed by atoms with Gasteiger partial charge in [-0.05, 0) is 68.0 Å². The number of aryl methyl sites for hydroxylation is 2. The average molecular weight is 485 g/mol. The third-order valence-electron chi connectivity index (χ3n) is 6.81. The Labute approximate surface area is 209 Å². The quantitative estimate of drug-likeness (QED) is 0.420. The second kappa shape index (κ2) is 8.82. The lowest BCUT2D eigenvalue weighted by molar-refractivity contribution is -0.126. The van der Waals surface area contributed by atoms with Crippen LogP contribution in [0.4, 0.5) is 5.69 Å². The molecule has 4 aromatic rings. The van der Waals surface area contributed by atoms with Crippen LogP contribution in [-0.4, -0.2) is 27.1 Å². The minimum atomic E-state index is -1.16. The summed E-state index contributed by atoms with van der Waals surface area (Å²) in [7, 11) is 0. The Morgan fingerprint density at radius 2 is 1.86 bits per heavy atom. The summed E-state index contributed by atoms with van der Waals surface area (Å²) in [5.41, 5.74) is 5.03. The van der Waals surface area contributed by atoms with Gasteiger partial charge in [0.05, 0.1) is 11.4 Å². The van der Waals surface area contributed by atoms with E-state index < -0.39 is 5.54 Å². The van der Waals surface area contributed by atoms with Gasteiger partial charge in [-0.25, -0.2) is 0 Å². The molecule has 1 N–H and O–H groups in total. The van der Waals surface area contributed by atoms with Gasteiger partial charge in [0.25, 0.3) is 5.91 Å². The summed E-state index contributed by atoms with van der Waals surface area (Å²) in [6.45, 7) is 8.51. The number of carbonyl (C=O) groups is 2. The van der Waals surface area contributed by atoms with E-state index in [0.717, 1.165) is 32.9 Å². The van der Waals surface area contributed by atoms with E-state index in [9.17, 15) is 9.59 Å². The topological polar surface area (TPSA) is 67.2 Å². The molecule has 0 spiro atoms. The van der Waals surface area contributed by atoms with Crippen LogP contribution in [0.25, 0.3) is 10.6 Å². The van der Waals surface area contributed by atoms with Crippen LogP contribution in [0, 0.1) is 20.8 Å². The van der Waals surface area contributed by atoms with Crippen molar-refractivity contribution in [3.63, 3.8) is 0 Å². The molecule has 1 aliphatic rings. The average Bonchev–Trinajstić information content (AvgIpc) is 3.51. The molecule has 2 aromatic heterocycles. The summed E-state index contributed by atoms with van der Waals surface area (Å²) in [6, 6.07) is 19.7. The lowest BCUT2D eigenvalue weighted by Gasteiger charge is -2.43. The smallest absolute Gasteiger partial charge is 0.277 e. The van der Waals surface area contributed by atoms with Gasteiger partial charge in [0, 0.05) is 12.2 Å². The van der Waals surface area contributed by atoms with Crippen molar-refractivity contribution >= 4 is 28.8 Å². The van der Waals surface area contributed by atoms with Crippen LogP contribution in [0.2, 0.25) is 0 Å². The zero-order valence-corrected chi connectivity index (χ0v) is 21.1. The molecular weight excluding hydrogens is 456 g/mol. The molecule has 178 valence electrons. The van der Waals surface area contributed by atoms with Crippen molar-refractivity contribution in [3.8, 4) is 10.6 Å². The van der Waals surface area contributed by atoms with E-state index in [4.69, 9.17) is 5.10 Å². The number of benzene rings is 2. The van der Waals surface area contributed by atoms with E-state index in [-0.39, 0.29) is 18.4 Å². The zero-order valence-electron chi connectivity index (χ0n) is 20.3. The largest absolute Gasteiger partial charge is 0.350 e. The van der Waals surface area contributed by atoms with E-state index in [0.29, 0.717) is 12.2 Å². The first kappa shape index (κ1) is 23.1. The molecule has 0 saturated heterocycles. The summed E-state index contributed by atoms with van der Waals surface area (Å²) in [4.78, 5) is 30.4. The highest BCUT2D eigenvalue weighted by Gasteiger charge is 2.49. The summed E-state index contributed by atoms with van der Waals surface area (Å²) >= 11 is 1.58. The molecule has 0 fully saturated rings. The number of aromatic nitrogens is 2. The van der Waals surface area contributed by atoms with Crippen LogP contribution in [0.3, 0.4) is 0 Å². The fourth-order valence-corrected chi connectivity index (χ4v) is 5.24. The Bertz CT molecular complexity index is 1410. The van der Waals surface area contributed by atoms with Gasteiger partial charge in [-0.3, -0.25) is 19.2 Å². The minimum absolute atomic E-state index is 0.217. The van der Waals surface area contributed by atoms with E-state index in [1.54, 1.807) is 20.9 Å². The van der Waals surface area contributed by atoms with Crippen LogP contribution >= 0.6 is 11.3 Å². The molecule has 7 heteroatoms. The van der Waals surface area contributed by atoms with Gasteiger partial charge in [-0.15, -0.1) is 11.3 Å². The molecule has 0 saturated carbocycles. The molecule has 1 atom stereocenters. The maximum atomic E-state index is 14.0. The molecule has 3 heterocycles. The zero-order chi connectivity index (χ0) is 24.7. The second-order valence-electron chi connectivity index (χ2n) is 9.35. The third kappa shape index (κ3) is 4.06. The Kier molecular flexibility index (Phi) is 5.81. The molecule has 5 rings (SSSR count). The first-order valence-corrected chi connectivity index (χ1v) is 12.5. The molecule has 35 heavy (non-hydrogen) atoms. The van der Waals surface area contributed by atoms with E-state index in [1.807, 2.05) is 93.7 Å². The SMILES string of the molecule is Cc1ccc(CNC(=O)[C@]2(C)Cn3nc(-c4cccs4)cc3C(=O)N2c2cccc(C)c2C)cc1. The lowest BCUT2D eigenvalue weighted by atomic mass is 9.92. The summed E-state index contributed by atoms with van der Waals surface area (Å²) in [5.74, 6) is -0.445. The van der Waals surface area contributed by atoms with Crippen LogP contribution in [-0.2, 0) is 17.9 Å². The third-order valence-corrected chi connectivity index (χ3v) is 7.70. The second-order valence-corrected chi connectivity index (χ2v) is 10.3. The van der Waals surface area contributed by atoms with Gasteiger partial charge in [-0.1, -0.05) is 48.0 Å². The van der Waals surface area contributed by atoms with E-state index in [1.165, 1.54) is 5.56 Å². The van der Waals surface area contributed by atoms with Crippen molar-refractivity contribution in [3.05, 3.63) is 94.0 Å². The van der Waals surface area contributed by atoms with Crippen LogP contribution in [0.1, 0.15) is 39.7 Å². The molecule has 0 radical (unpaired) electrons. The Hall–Kier alpha value is -3.71. The van der Waals surface area contributed by atoms with Crippen molar-refractivity contribution in [1.82, 2.24) is 15.1 Å². The van der Waals surface area contributed by atoms with Crippen LogP contribution in [0.15, 0.2) is 66.0 Å². The van der Waals surface area contributed by atoms with Gasteiger partial charge < -0.3 is 5.32 Å². The van der Waals surface area contributed by atoms with Crippen molar-refractivity contribution in [2.24, 2.45) is 0 Å². The standard InChI is InChI=1S/C28H28N4O2S/c1-18-10-12-21(13-11-18)16-29-27(34)28(4)17-31-24(15-22(30-31)25-9-6-14-35-25)26(33)32(28)23-8-5-7-19(2)20(23)3/h5-15H,16-17H2,1-4H3,(H,29,34)/t28-/m0/s1. The molecule has 0 aliphatic carbocycles. The van der Waals surface area contributed by atoms with Gasteiger partial charge in [0.1, 0.15) is 16.9 Å². The number of fused-ring (bicyclic) bond motifs is 1. The highest BCUT2D eigenvalue weighted by molar-refractivity contribution is 7.13. The predicted octanol–water partition coefficient (Wildman–Crippen LogP) is 5.27. The van der Waals surface area contributed by atoms with E-state index >= 15 is 0 Å². The lowest BCUT2D eigenvalue weighted by Crippen LogP contribution is -2.64. The molecule has 1 aliphatic heterocycles. The van der Waals surface area contributed by atoms with Crippen LogP contribution < -0.4 is 10.2 Å². The first-order chi connectivity index (χ1) is 16.8. The predicted molar refractivity (Wildman–Crippen MR) is 140 cm³/mol. The molecule has 0 bridgehead atoms. The van der Waals surface area contributed by atoms with Gasteiger partial charge in [0.2, 0.25) is 5.91 Å². The van der Waals surface area contributed by atoms with Gasteiger partial charge >= 0.3 is 0 Å². The Morgan fingerprint density at radius 1 is 1.09 bits per heavy atom. The molecule has 6 nitrogen and oxygen atoms in total. The number of nitrogens with zero attached hydrogens (tertiary/aromatic N) is 3. The fraction of sp³-hybridized carbons (Fsp3) is 0.250. The maximum Gasteiger partial charge on any atom is 0.277 e. The summed E-state index contributed by atoms with van der Waals surface area (Å²) < 4.78 is 1.68. The number of anilines is 1. The van der Waals surface area contributed by atoms with Crippen molar-refractivity contribution < 1.29 is 9.59 Å². The molecule has 2 amide bonds. The van der Waals surface area contributed by atoms with Gasteiger partial charge in [-0.2, -0.15) is 5.10 Å². The fourth-order valence-electron chi connectivity index (χ4n) is 4.56. The van der Waals surface area contributed by atoms with Gasteiger partial charge in [0.15, 0.2) is 0 Å². The highest BCUT2D eigenvalue weighted by Crippen LogP contribution is 2.37. The molecule has 2 aromatic carbocycles. The minimum Gasteiger partial charge on any atom is -0.350 e. The van der Waals surface area contributed by atoms with Crippen molar-refractivity contribution in [2.75, 3.05) is 4.90 Å². The van der Waals surface area contributed by atoms with E-state index in [2.05, 4.69) is 5.32 Å². The number of hydrogen-bond donors (Lipinski definition) is 1. The summed E-state index contributed by atoms with van der Waals surface area (Å²) in [5, 5.41) is 9.78. The van der Waals surface area contributed by atoms with Crippen LogP contribution in [0.5, 0.6) is 0 Å². The normalized spacial score (nSPS) is 17.4. The number of nitrogens with one attached hydrogen (secondary N) is 1. The number of rotatable bonds is 5. The maximum absolute atomic E-state index is 14.0. The first-order valence-electron chi connectivity index (χ1n) is 11.6. The number of carbonyl (C=O) groups excluding carboxylic acids is 2. The Balaban J connectivity index is 1.56. The highest BCUT2D eigenvalue weighted by atomic mass is 32.1. The summed E-state index contributed by atoms with van der Waals surface area (Å²) in [6.07, 6.45) is 0. The molecule has 0 unspecified atom stereocenters. The number of amides is 2. The van der Waals surface area contributed by atoms with Crippen molar-refractivity contribution in [1.29, 1.82) is 0 Å². The monoisotopic (exact) mass is 484 g/mol. The number of hydrogen-bond acceptors (Lipinski definition) is 4. The Morgan fingerprint density at radius 3 is 2.57 bits per heavy atom. The molecular formula is C28H28N4O2S. The van der Waals surface area contributed by atoms with Crippen molar-refractivity contribution in [2.45, 2.75) is 46.3 Å².